The maximum atomic E-state index is 13.4. The molecule has 1 N–H and O–H groups in total. The first-order valence-electron chi connectivity index (χ1n) is 13.0. The molecule has 3 aliphatic rings. The molecule has 6 heteroatoms. The van der Waals surface area contributed by atoms with Crippen molar-refractivity contribution in [2.75, 3.05) is 39.9 Å². The fourth-order valence-corrected chi connectivity index (χ4v) is 6.68. The first kappa shape index (κ1) is 23.0. The summed E-state index contributed by atoms with van der Waals surface area (Å²) in [4.78, 5) is 5.10. The van der Waals surface area contributed by atoms with Gasteiger partial charge in [-0.2, -0.15) is 0 Å². The molecule has 0 unspecified atom stereocenters. The van der Waals surface area contributed by atoms with E-state index in [1.165, 1.54) is 40.6 Å². The first-order valence-corrected chi connectivity index (χ1v) is 13.0. The van der Waals surface area contributed by atoms with E-state index in [-0.39, 0.29) is 23.9 Å². The fourth-order valence-electron chi connectivity index (χ4n) is 6.68. The lowest BCUT2D eigenvalue weighted by Crippen LogP contribution is -2.54. The molecule has 0 bridgehead atoms. The van der Waals surface area contributed by atoms with E-state index < -0.39 is 0 Å². The smallest absolute Gasteiger partial charge is 0.123 e. The van der Waals surface area contributed by atoms with E-state index >= 15 is 0 Å². The zero-order valence-electron chi connectivity index (χ0n) is 20.8. The van der Waals surface area contributed by atoms with E-state index in [2.05, 4.69) is 39.6 Å². The summed E-state index contributed by atoms with van der Waals surface area (Å²) in [5, 5.41) is 11.9. The number of aryl methyl sites for hydroxylation is 1. The quantitative estimate of drug-likeness (QED) is 0.563. The van der Waals surface area contributed by atoms with Crippen LogP contribution in [0, 0.1) is 11.7 Å². The van der Waals surface area contributed by atoms with Gasteiger partial charge >= 0.3 is 0 Å². The Morgan fingerprint density at radius 2 is 1.83 bits per heavy atom. The second kappa shape index (κ2) is 8.91. The van der Waals surface area contributed by atoms with E-state index in [1.807, 2.05) is 12.1 Å². The van der Waals surface area contributed by atoms with Gasteiger partial charge in [-0.15, -0.1) is 0 Å². The van der Waals surface area contributed by atoms with Gasteiger partial charge in [0.25, 0.3) is 0 Å². The molecule has 1 atom stereocenters. The Morgan fingerprint density at radius 3 is 2.49 bits per heavy atom. The lowest BCUT2D eigenvalue weighted by atomic mass is 9.68. The van der Waals surface area contributed by atoms with Gasteiger partial charge in [0.15, 0.2) is 0 Å². The molecule has 1 spiro atoms. The number of aliphatic hydroxyl groups is 1. The molecule has 2 aromatic carbocycles. The standard InChI is InChI=1S/C29H36FN3O2/c1-31-25-15-23(35-2)9-10-24(25)27-28(31)26(18-34)33(17-21-3-4-21)19-29(27)11-13-32(14-12-29)16-20-5-7-22(30)8-6-20/h5-10,15,21,26,34H,3-4,11-14,16-19H2,1-2H3/t26-/m0/s1. The van der Waals surface area contributed by atoms with Gasteiger partial charge in [0.2, 0.25) is 0 Å². The van der Waals surface area contributed by atoms with E-state index in [4.69, 9.17) is 4.74 Å². The van der Waals surface area contributed by atoms with Gasteiger partial charge < -0.3 is 14.4 Å². The van der Waals surface area contributed by atoms with Crippen molar-refractivity contribution in [2.45, 2.75) is 43.7 Å². The van der Waals surface area contributed by atoms with Crippen molar-refractivity contribution < 1.29 is 14.2 Å². The third-order valence-electron chi connectivity index (χ3n) is 8.74. The van der Waals surface area contributed by atoms with Crippen LogP contribution in [0.1, 0.15) is 48.5 Å². The van der Waals surface area contributed by atoms with Gasteiger partial charge in [-0.1, -0.05) is 12.1 Å². The van der Waals surface area contributed by atoms with Crippen LogP contribution in [0.25, 0.3) is 10.9 Å². The van der Waals surface area contributed by atoms with Gasteiger partial charge in [0, 0.05) is 49.2 Å². The van der Waals surface area contributed by atoms with E-state index in [1.54, 1.807) is 19.2 Å². The number of aliphatic hydroxyl groups excluding tert-OH is 1. The number of halogens is 1. The number of likely N-dealkylation sites (tertiary alicyclic amines) is 1. The molecule has 3 heterocycles. The van der Waals surface area contributed by atoms with Gasteiger partial charge in [0.05, 0.1) is 25.3 Å². The number of hydrogen-bond donors (Lipinski definition) is 1. The topological polar surface area (TPSA) is 40.9 Å². The van der Waals surface area contributed by atoms with Gasteiger partial charge in [0.1, 0.15) is 11.6 Å². The second-order valence-electron chi connectivity index (χ2n) is 11.0. The predicted molar refractivity (Wildman–Crippen MR) is 136 cm³/mol. The van der Waals surface area contributed by atoms with Crippen molar-refractivity contribution >= 4 is 10.9 Å². The van der Waals surface area contributed by atoms with Crippen LogP contribution in [-0.2, 0) is 19.0 Å². The third kappa shape index (κ3) is 4.05. The number of hydrogen-bond acceptors (Lipinski definition) is 4. The molecule has 5 nitrogen and oxygen atoms in total. The van der Waals surface area contributed by atoms with Crippen molar-refractivity contribution in [3.63, 3.8) is 0 Å². The minimum absolute atomic E-state index is 0.0388. The molecule has 2 aliphatic heterocycles. The average molecular weight is 478 g/mol. The van der Waals surface area contributed by atoms with Gasteiger partial charge in [-0.05, 0) is 80.1 Å². The Hall–Kier alpha value is -2.41. The number of benzene rings is 2. The minimum atomic E-state index is -0.178. The molecule has 0 amide bonds. The zero-order chi connectivity index (χ0) is 24.2. The molecule has 1 saturated heterocycles. The number of piperidine rings is 1. The van der Waals surface area contributed by atoms with E-state index in [9.17, 15) is 9.50 Å². The highest BCUT2D eigenvalue weighted by atomic mass is 19.1. The summed E-state index contributed by atoms with van der Waals surface area (Å²) in [5.74, 6) is 1.47. The maximum absolute atomic E-state index is 13.4. The monoisotopic (exact) mass is 477 g/mol. The Bertz CT molecular complexity index is 1210. The van der Waals surface area contributed by atoms with Gasteiger partial charge in [-0.25, -0.2) is 4.39 Å². The molecule has 3 aromatic rings. The van der Waals surface area contributed by atoms with Crippen LogP contribution in [0.2, 0.25) is 0 Å². The number of aromatic nitrogens is 1. The predicted octanol–water partition coefficient (Wildman–Crippen LogP) is 4.62. The molecular weight excluding hydrogens is 441 g/mol. The summed E-state index contributed by atoms with van der Waals surface area (Å²) in [7, 11) is 3.87. The SMILES string of the molecule is COc1ccc2c3c(n(C)c2c1)[C@H](CO)N(CC1CC1)CC31CCN(Cc2ccc(F)cc2)CC1. The Morgan fingerprint density at radius 1 is 1.09 bits per heavy atom. The van der Waals surface area contributed by atoms with Crippen LogP contribution in [0.4, 0.5) is 4.39 Å². The molecule has 35 heavy (non-hydrogen) atoms. The van der Waals surface area contributed by atoms with E-state index in [0.29, 0.717) is 0 Å². The van der Waals surface area contributed by atoms with E-state index in [0.717, 1.165) is 57.2 Å². The molecule has 1 aliphatic carbocycles. The summed E-state index contributed by atoms with van der Waals surface area (Å²) in [5.41, 5.74) is 5.16. The summed E-state index contributed by atoms with van der Waals surface area (Å²) < 4.78 is 21.2. The molecule has 6 rings (SSSR count). The van der Waals surface area contributed by atoms with Crippen molar-refractivity contribution in [1.82, 2.24) is 14.4 Å². The number of nitrogens with zero attached hydrogens (tertiary/aromatic N) is 3. The summed E-state index contributed by atoms with van der Waals surface area (Å²) in [6.45, 7) is 5.14. The molecule has 0 radical (unpaired) electrons. The zero-order valence-corrected chi connectivity index (χ0v) is 20.8. The highest BCUT2D eigenvalue weighted by Gasteiger charge is 2.48. The van der Waals surface area contributed by atoms with Gasteiger partial charge in [-0.3, -0.25) is 9.80 Å². The van der Waals surface area contributed by atoms with Crippen LogP contribution >= 0.6 is 0 Å². The highest BCUT2D eigenvalue weighted by Crippen LogP contribution is 2.51. The summed E-state index contributed by atoms with van der Waals surface area (Å²) >= 11 is 0. The van der Waals surface area contributed by atoms with Crippen LogP contribution in [0.15, 0.2) is 42.5 Å². The molecule has 2 fully saturated rings. The van der Waals surface area contributed by atoms with Crippen LogP contribution < -0.4 is 4.74 Å². The third-order valence-corrected chi connectivity index (χ3v) is 8.74. The Kier molecular flexibility index (Phi) is 5.86. The molecule has 1 saturated carbocycles. The summed E-state index contributed by atoms with van der Waals surface area (Å²) in [6.07, 6.45) is 4.80. The lowest BCUT2D eigenvalue weighted by Gasteiger charge is -2.50. The molecular formula is C29H36FN3O2. The first-order chi connectivity index (χ1) is 17.0. The normalized spacial score (nSPS) is 22.6. The van der Waals surface area contributed by atoms with Crippen molar-refractivity contribution in [1.29, 1.82) is 0 Å². The van der Waals surface area contributed by atoms with Crippen LogP contribution in [0.5, 0.6) is 5.75 Å². The Balaban J connectivity index is 1.37. The largest absolute Gasteiger partial charge is 0.497 e. The van der Waals surface area contributed by atoms with Crippen molar-refractivity contribution in [2.24, 2.45) is 13.0 Å². The molecule has 1 aromatic heterocycles. The number of methoxy groups -OCH3 is 1. The van der Waals surface area contributed by atoms with Crippen LogP contribution in [0.3, 0.4) is 0 Å². The second-order valence-corrected chi connectivity index (χ2v) is 11.0. The number of rotatable bonds is 6. The number of ether oxygens (including phenoxy) is 1. The molecule has 186 valence electrons. The van der Waals surface area contributed by atoms with Crippen molar-refractivity contribution in [3.05, 3.63) is 65.1 Å². The highest BCUT2D eigenvalue weighted by molar-refractivity contribution is 5.88. The maximum Gasteiger partial charge on any atom is 0.123 e. The Labute approximate surface area is 207 Å². The minimum Gasteiger partial charge on any atom is -0.497 e. The number of fused-ring (bicyclic) bond motifs is 4. The fraction of sp³-hybridized carbons (Fsp3) is 0.517. The van der Waals surface area contributed by atoms with Crippen LogP contribution in [-0.4, -0.2) is 59.4 Å². The average Bonchev–Trinajstić information content (AvgIpc) is 3.65. The summed E-state index contributed by atoms with van der Waals surface area (Å²) in [6, 6.07) is 13.4. The van der Waals surface area contributed by atoms with Crippen molar-refractivity contribution in [3.8, 4) is 5.75 Å². The lowest BCUT2D eigenvalue weighted by molar-refractivity contribution is 0.0424.